The van der Waals surface area contributed by atoms with Crippen LogP contribution in [-0.4, -0.2) is 23.2 Å². The summed E-state index contributed by atoms with van der Waals surface area (Å²) in [6, 6.07) is 8.03. The molecular formula is C16H18FNO2S. The molecule has 3 nitrogen and oxygen atoms in total. The standard InChI is InChI=1S/C16H18FNO2S/c1-10-8-13(15(20)18-16(2,3)9-19)21-14(10)11-4-6-12(17)7-5-11/h4-8,19H,9H2,1-3H3,(H,18,20). The third-order valence-electron chi connectivity index (χ3n) is 3.10. The zero-order chi connectivity index (χ0) is 15.6. The fraction of sp³-hybridized carbons (Fsp3) is 0.312. The molecule has 5 heteroatoms. The highest BCUT2D eigenvalue weighted by Crippen LogP contribution is 2.32. The molecule has 1 aromatic carbocycles. The van der Waals surface area contributed by atoms with E-state index >= 15 is 0 Å². The van der Waals surface area contributed by atoms with Gasteiger partial charge in [0.25, 0.3) is 5.91 Å². The molecule has 2 aromatic rings. The average molecular weight is 307 g/mol. The van der Waals surface area contributed by atoms with E-state index in [-0.39, 0.29) is 18.3 Å². The Bertz CT molecular complexity index is 647. The molecular weight excluding hydrogens is 289 g/mol. The van der Waals surface area contributed by atoms with Crippen LogP contribution in [0.1, 0.15) is 29.1 Å². The molecule has 0 atom stereocenters. The molecule has 1 heterocycles. The maximum Gasteiger partial charge on any atom is 0.261 e. The number of aryl methyl sites for hydroxylation is 1. The van der Waals surface area contributed by atoms with E-state index < -0.39 is 5.54 Å². The lowest BCUT2D eigenvalue weighted by atomic mass is 10.1. The van der Waals surface area contributed by atoms with Crippen LogP contribution >= 0.6 is 11.3 Å². The molecule has 0 fully saturated rings. The van der Waals surface area contributed by atoms with Crippen LogP contribution in [0, 0.1) is 12.7 Å². The van der Waals surface area contributed by atoms with Gasteiger partial charge in [-0.3, -0.25) is 4.79 Å². The summed E-state index contributed by atoms with van der Waals surface area (Å²) in [7, 11) is 0. The number of hydrogen-bond acceptors (Lipinski definition) is 3. The zero-order valence-corrected chi connectivity index (χ0v) is 13.1. The summed E-state index contributed by atoms with van der Waals surface area (Å²) in [6.45, 7) is 5.30. The first kappa shape index (κ1) is 15.7. The molecule has 0 aliphatic carbocycles. The van der Waals surface area contributed by atoms with Crippen molar-refractivity contribution >= 4 is 17.2 Å². The average Bonchev–Trinajstić information content (AvgIpc) is 2.81. The Balaban J connectivity index is 2.27. The van der Waals surface area contributed by atoms with Crippen LogP contribution in [0.2, 0.25) is 0 Å². The van der Waals surface area contributed by atoms with Gasteiger partial charge in [0, 0.05) is 4.88 Å². The summed E-state index contributed by atoms with van der Waals surface area (Å²) in [5.74, 6) is -0.494. The second-order valence-electron chi connectivity index (χ2n) is 5.63. The highest BCUT2D eigenvalue weighted by molar-refractivity contribution is 7.17. The van der Waals surface area contributed by atoms with Crippen molar-refractivity contribution in [1.82, 2.24) is 5.32 Å². The molecule has 0 aliphatic rings. The second-order valence-corrected chi connectivity index (χ2v) is 6.68. The lowest BCUT2D eigenvalue weighted by molar-refractivity contribution is 0.0873. The summed E-state index contributed by atoms with van der Waals surface area (Å²) in [6.07, 6.45) is 0. The van der Waals surface area contributed by atoms with Crippen molar-refractivity contribution in [3.05, 3.63) is 46.6 Å². The van der Waals surface area contributed by atoms with E-state index in [9.17, 15) is 14.3 Å². The highest BCUT2D eigenvalue weighted by Gasteiger charge is 2.22. The zero-order valence-electron chi connectivity index (χ0n) is 12.2. The van der Waals surface area contributed by atoms with E-state index in [1.165, 1.54) is 23.5 Å². The third kappa shape index (κ3) is 3.68. The molecule has 2 rings (SSSR count). The van der Waals surface area contributed by atoms with Crippen molar-refractivity contribution in [3.63, 3.8) is 0 Å². The Morgan fingerprint density at radius 3 is 2.52 bits per heavy atom. The maximum atomic E-state index is 13.0. The normalized spacial score (nSPS) is 11.5. The number of thiophene rings is 1. The minimum Gasteiger partial charge on any atom is -0.394 e. The van der Waals surface area contributed by atoms with Gasteiger partial charge in [-0.15, -0.1) is 11.3 Å². The Labute approximate surface area is 127 Å². The Morgan fingerprint density at radius 1 is 1.33 bits per heavy atom. The predicted molar refractivity (Wildman–Crippen MR) is 83.1 cm³/mol. The summed E-state index contributed by atoms with van der Waals surface area (Å²) in [4.78, 5) is 13.7. The van der Waals surface area contributed by atoms with Gasteiger partial charge >= 0.3 is 0 Å². The molecule has 0 saturated heterocycles. The molecule has 2 N–H and O–H groups in total. The number of hydrogen-bond donors (Lipinski definition) is 2. The van der Waals surface area contributed by atoms with Crippen LogP contribution in [-0.2, 0) is 0 Å². The molecule has 0 unspecified atom stereocenters. The number of rotatable bonds is 4. The van der Waals surface area contributed by atoms with Gasteiger partial charge in [-0.2, -0.15) is 0 Å². The van der Waals surface area contributed by atoms with Crippen LogP contribution < -0.4 is 5.32 Å². The van der Waals surface area contributed by atoms with Crippen molar-refractivity contribution < 1.29 is 14.3 Å². The number of halogens is 1. The highest BCUT2D eigenvalue weighted by atomic mass is 32.1. The number of nitrogens with one attached hydrogen (secondary N) is 1. The van der Waals surface area contributed by atoms with Gasteiger partial charge in [0.15, 0.2) is 0 Å². The van der Waals surface area contributed by atoms with Gasteiger partial charge in [0.2, 0.25) is 0 Å². The second kappa shape index (κ2) is 5.95. The largest absolute Gasteiger partial charge is 0.394 e. The van der Waals surface area contributed by atoms with Crippen molar-refractivity contribution in [2.75, 3.05) is 6.61 Å². The first-order chi connectivity index (χ1) is 9.82. The summed E-state index contributed by atoms with van der Waals surface area (Å²) in [5, 5.41) is 12.0. The first-order valence-corrected chi connectivity index (χ1v) is 7.44. The van der Waals surface area contributed by atoms with E-state index in [1.54, 1.807) is 26.0 Å². The van der Waals surface area contributed by atoms with Crippen molar-refractivity contribution in [1.29, 1.82) is 0 Å². The number of benzene rings is 1. The smallest absolute Gasteiger partial charge is 0.261 e. The molecule has 1 aromatic heterocycles. The number of carbonyl (C=O) groups is 1. The Kier molecular flexibility index (Phi) is 4.44. The van der Waals surface area contributed by atoms with Crippen molar-refractivity contribution in [2.24, 2.45) is 0 Å². The lowest BCUT2D eigenvalue weighted by Gasteiger charge is -2.22. The molecule has 1 amide bonds. The van der Waals surface area contributed by atoms with E-state index in [0.29, 0.717) is 4.88 Å². The van der Waals surface area contributed by atoms with Crippen LogP contribution in [0.3, 0.4) is 0 Å². The lowest BCUT2D eigenvalue weighted by Crippen LogP contribution is -2.46. The molecule has 0 radical (unpaired) electrons. The van der Waals surface area contributed by atoms with Gasteiger partial charge in [0.1, 0.15) is 5.82 Å². The summed E-state index contributed by atoms with van der Waals surface area (Å²) in [5.41, 5.74) is 1.20. The molecule has 0 aliphatic heterocycles. The fourth-order valence-electron chi connectivity index (χ4n) is 1.89. The molecule has 112 valence electrons. The summed E-state index contributed by atoms with van der Waals surface area (Å²) < 4.78 is 13.0. The fourth-order valence-corrected chi connectivity index (χ4v) is 2.96. The van der Waals surface area contributed by atoms with Gasteiger partial charge < -0.3 is 10.4 Å². The van der Waals surface area contributed by atoms with E-state index in [4.69, 9.17) is 0 Å². The topological polar surface area (TPSA) is 49.3 Å². The Morgan fingerprint density at radius 2 is 1.95 bits per heavy atom. The molecule has 0 saturated carbocycles. The molecule has 0 spiro atoms. The van der Waals surface area contributed by atoms with Gasteiger partial charge in [-0.05, 0) is 50.1 Å². The first-order valence-electron chi connectivity index (χ1n) is 6.62. The quantitative estimate of drug-likeness (QED) is 0.910. The minimum atomic E-state index is -0.662. The number of carbonyl (C=O) groups excluding carboxylic acids is 1. The number of amides is 1. The van der Waals surface area contributed by atoms with Crippen LogP contribution in [0.4, 0.5) is 4.39 Å². The molecule has 21 heavy (non-hydrogen) atoms. The minimum absolute atomic E-state index is 0.131. The number of aliphatic hydroxyl groups excluding tert-OH is 1. The van der Waals surface area contributed by atoms with Crippen LogP contribution in [0.5, 0.6) is 0 Å². The van der Waals surface area contributed by atoms with Gasteiger partial charge in [0.05, 0.1) is 17.0 Å². The SMILES string of the molecule is Cc1cc(C(=O)NC(C)(C)CO)sc1-c1ccc(F)cc1. The predicted octanol–water partition coefficient (Wildman–Crippen LogP) is 3.36. The van der Waals surface area contributed by atoms with E-state index in [0.717, 1.165) is 16.0 Å². The third-order valence-corrected chi connectivity index (χ3v) is 4.38. The van der Waals surface area contributed by atoms with E-state index in [2.05, 4.69) is 5.32 Å². The summed E-state index contributed by atoms with van der Waals surface area (Å²) >= 11 is 1.36. The monoisotopic (exact) mass is 307 g/mol. The van der Waals surface area contributed by atoms with Crippen LogP contribution in [0.25, 0.3) is 10.4 Å². The maximum absolute atomic E-state index is 13.0. The van der Waals surface area contributed by atoms with Crippen molar-refractivity contribution in [2.45, 2.75) is 26.3 Å². The molecule has 0 bridgehead atoms. The Hall–Kier alpha value is -1.72. The van der Waals surface area contributed by atoms with Crippen LogP contribution in [0.15, 0.2) is 30.3 Å². The van der Waals surface area contributed by atoms with E-state index in [1.807, 2.05) is 13.0 Å². The van der Waals surface area contributed by atoms with Crippen molar-refractivity contribution in [3.8, 4) is 10.4 Å². The van der Waals surface area contributed by atoms with Gasteiger partial charge in [-0.25, -0.2) is 4.39 Å². The van der Waals surface area contributed by atoms with Gasteiger partial charge in [-0.1, -0.05) is 12.1 Å². The number of aliphatic hydroxyl groups is 1.